The van der Waals surface area contributed by atoms with E-state index in [1.165, 1.54) is 11.8 Å². The van der Waals surface area contributed by atoms with Crippen LogP contribution >= 0.6 is 0 Å². The van der Waals surface area contributed by atoms with Crippen LogP contribution in [0, 0.1) is 0 Å². The predicted octanol–water partition coefficient (Wildman–Crippen LogP) is 1.49. The van der Waals surface area contributed by atoms with Crippen molar-refractivity contribution in [1.82, 2.24) is 20.1 Å². The predicted molar refractivity (Wildman–Crippen MR) is 97.1 cm³/mol. The molecule has 8 heteroatoms. The minimum absolute atomic E-state index is 0.124. The van der Waals surface area contributed by atoms with Gasteiger partial charge in [0.1, 0.15) is 6.26 Å². The van der Waals surface area contributed by atoms with Gasteiger partial charge < -0.3 is 18.9 Å². The molecule has 0 spiro atoms. The number of piperazine rings is 1. The Bertz CT molecular complexity index is 716. The second kappa shape index (κ2) is 8.69. The lowest BCUT2D eigenvalue weighted by Crippen LogP contribution is -2.45. The lowest BCUT2D eigenvalue weighted by Gasteiger charge is -2.33. The van der Waals surface area contributed by atoms with Crippen molar-refractivity contribution in [3.8, 4) is 0 Å². The highest BCUT2D eigenvalue weighted by atomic mass is 16.5. The normalized spacial score (nSPS) is 21.6. The van der Waals surface area contributed by atoms with Gasteiger partial charge >= 0.3 is 0 Å². The van der Waals surface area contributed by atoms with Crippen LogP contribution in [0.15, 0.2) is 33.7 Å². The zero-order valence-corrected chi connectivity index (χ0v) is 15.4. The summed E-state index contributed by atoms with van der Waals surface area (Å²) in [6.07, 6.45) is 7.13. The molecule has 1 amide bonds. The molecular weight excluding hydrogens is 348 g/mol. The molecule has 0 aromatic carbocycles. The highest BCUT2D eigenvalue weighted by Gasteiger charge is 2.21. The minimum atomic E-state index is -0.203. The fourth-order valence-electron chi connectivity index (χ4n) is 3.53. The summed E-state index contributed by atoms with van der Waals surface area (Å²) in [6.45, 7) is 6.71. The minimum Gasteiger partial charge on any atom is -0.472 e. The molecule has 0 aliphatic carbocycles. The van der Waals surface area contributed by atoms with Crippen molar-refractivity contribution in [2.75, 3.05) is 39.3 Å². The third-order valence-electron chi connectivity index (χ3n) is 5.11. The summed E-state index contributed by atoms with van der Waals surface area (Å²) in [5.41, 5.74) is 1.54. The van der Waals surface area contributed by atoms with Gasteiger partial charge in [0.25, 0.3) is 5.91 Å². The van der Waals surface area contributed by atoms with Crippen molar-refractivity contribution in [1.29, 1.82) is 0 Å². The van der Waals surface area contributed by atoms with E-state index < -0.39 is 0 Å². The summed E-state index contributed by atoms with van der Waals surface area (Å²) in [6, 6.07) is 2.00. The Morgan fingerprint density at radius 2 is 2.00 bits per heavy atom. The average Bonchev–Trinajstić information content (AvgIpc) is 3.44. The second-order valence-electron chi connectivity index (χ2n) is 7.16. The number of furan rings is 1. The molecule has 27 heavy (non-hydrogen) atoms. The topological polar surface area (TPSA) is 84.0 Å². The SMILES string of the molecule is O=C(NCC1CCCO1)c1coc(CN2CCN(Cc3ccoc3)CC2)n1. The third kappa shape index (κ3) is 4.97. The van der Waals surface area contributed by atoms with Gasteiger partial charge in [-0.1, -0.05) is 0 Å². The maximum absolute atomic E-state index is 12.2. The molecule has 8 nitrogen and oxygen atoms in total. The molecule has 2 aliphatic heterocycles. The molecule has 0 radical (unpaired) electrons. The van der Waals surface area contributed by atoms with Gasteiger partial charge in [0, 0.05) is 51.4 Å². The van der Waals surface area contributed by atoms with Crippen LogP contribution in [0.5, 0.6) is 0 Å². The molecule has 2 saturated heterocycles. The Morgan fingerprint density at radius 1 is 1.19 bits per heavy atom. The smallest absolute Gasteiger partial charge is 0.273 e. The van der Waals surface area contributed by atoms with Crippen LogP contribution in [0.1, 0.15) is 34.8 Å². The molecule has 2 fully saturated rings. The van der Waals surface area contributed by atoms with E-state index in [9.17, 15) is 4.79 Å². The van der Waals surface area contributed by atoms with Crippen molar-refractivity contribution in [3.63, 3.8) is 0 Å². The van der Waals surface area contributed by atoms with Crippen LogP contribution in [-0.4, -0.2) is 66.1 Å². The van der Waals surface area contributed by atoms with Crippen molar-refractivity contribution < 1.29 is 18.4 Å². The van der Waals surface area contributed by atoms with E-state index in [2.05, 4.69) is 20.1 Å². The van der Waals surface area contributed by atoms with E-state index in [0.29, 0.717) is 24.7 Å². The number of ether oxygens (including phenoxy) is 1. The van der Waals surface area contributed by atoms with E-state index in [-0.39, 0.29) is 12.0 Å². The van der Waals surface area contributed by atoms with Crippen molar-refractivity contribution in [3.05, 3.63) is 42.0 Å². The lowest BCUT2D eigenvalue weighted by atomic mass is 10.2. The number of carbonyl (C=O) groups excluding carboxylic acids is 1. The highest BCUT2D eigenvalue weighted by molar-refractivity contribution is 5.91. The maximum atomic E-state index is 12.2. The monoisotopic (exact) mass is 374 g/mol. The molecule has 2 aliphatic rings. The molecule has 2 aromatic rings. The van der Waals surface area contributed by atoms with E-state index in [1.54, 1.807) is 12.5 Å². The number of nitrogens with zero attached hydrogens (tertiary/aromatic N) is 3. The summed E-state index contributed by atoms with van der Waals surface area (Å²) in [7, 11) is 0. The fraction of sp³-hybridized carbons (Fsp3) is 0.579. The van der Waals surface area contributed by atoms with Crippen molar-refractivity contribution >= 4 is 5.91 Å². The number of amides is 1. The molecule has 1 N–H and O–H groups in total. The molecule has 146 valence electrons. The first-order valence-corrected chi connectivity index (χ1v) is 9.56. The zero-order valence-electron chi connectivity index (χ0n) is 15.4. The average molecular weight is 374 g/mol. The van der Waals surface area contributed by atoms with Crippen LogP contribution in [0.4, 0.5) is 0 Å². The van der Waals surface area contributed by atoms with Gasteiger partial charge in [0.15, 0.2) is 5.69 Å². The number of hydrogen-bond acceptors (Lipinski definition) is 7. The molecule has 4 heterocycles. The maximum Gasteiger partial charge on any atom is 0.273 e. The van der Waals surface area contributed by atoms with Crippen LogP contribution in [0.3, 0.4) is 0 Å². The Kier molecular flexibility index (Phi) is 5.86. The quantitative estimate of drug-likeness (QED) is 0.786. The molecule has 0 saturated carbocycles. The zero-order chi connectivity index (χ0) is 18.5. The summed E-state index contributed by atoms with van der Waals surface area (Å²) in [5.74, 6) is 0.381. The number of hydrogen-bond donors (Lipinski definition) is 1. The number of oxazole rings is 1. The van der Waals surface area contributed by atoms with Crippen LogP contribution in [-0.2, 0) is 17.8 Å². The van der Waals surface area contributed by atoms with Gasteiger partial charge in [-0.05, 0) is 18.9 Å². The molecule has 1 atom stereocenters. The largest absolute Gasteiger partial charge is 0.472 e. The van der Waals surface area contributed by atoms with E-state index in [4.69, 9.17) is 13.6 Å². The van der Waals surface area contributed by atoms with Gasteiger partial charge in [-0.3, -0.25) is 14.6 Å². The van der Waals surface area contributed by atoms with Crippen LogP contribution in [0.2, 0.25) is 0 Å². The first-order valence-electron chi connectivity index (χ1n) is 9.56. The van der Waals surface area contributed by atoms with E-state index >= 15 is 0 Å². The van der Waals surface area contributed by atoms with E-state index in [0.717, 1.165) is 52.2 Å². The van der Waals surface area contributed by atoms with Gasteiger partial charge in [0.05, 0.1) is 25.2 Å². The number of aromatic nitrogens is 1. The summed E-state index contributed by atoms with van der Waals surface area (Å²) < 4.78 is 16.1. The number of rotatable bonds is 7. The fourth-order valence-corrected chi connectivity index (χ4v) is 3.53. The van der Waals surface area contributed by atoms with Crippen molar-refractivity contribution in [2.45, 2.75) is 32.0 Å². The van der Waals surface area contributed by atoms with Crippen molar-refractivity contribution in [2.24, 2.45) is 0 Å². The first-order chi connectivity index (χ1) is 13.3. The van der Waals surface area contributed by atoms with Gasteiger partial charge in [-0.25, -0.2) is 4.98 Å². The lowest BCUT2D eigenvalue weighted by molar-refractivity contribution is 0.0853. The molecule has 4 rings (SSSR count). The highest BCUT2D eigenvalue weighted by Crippen LogP contribution is 2.13. The van der Waals surface area contributed by atoms with Crippen LogP contribution in [0.25, 0.3) is 0 Å². The standard InChI is InChI=1S/C19H26N4O4/c24-19(20-10-16-2-1-8-26-16)17-14-27-18(21-17)12-23-6-4-22(5-7-23)11-15-3-9-25-13-15/h3,9,13-14,16H,1-2,4-8,10-12H2,(H,20,24). The Labute approximate surface area is 158 Å². The third-order valence-corrected chi connectivity index (χ3v) is 5.11. The number of carbonyl (C=O) groups is 1. The number of nitrogens with one attached hydrogen (secondary N) is 1. The van der Waals surface area contributed by atoms with Gasteiger partial charge in [-0.15, -0.1) is 0 Å². The molecular formula is C19H26N4O4. The molecule has 2 aromatic heterocycles. The van der Waals surface area contributed by atoms with Gasteiger partial charge in [-0.2, -0.15) is 0 Å². The molecule has 1 unspecified atom stereocenters. The summed E-state index contributed by atoms with van der Waals surface area (Å²) in [4.78, 5) is 21.2. The van der Waals surface area contributed by atoms with Gasteiger partial charge in [0.2, 0.25) is 5.89 Å². The first kappa shape index (κ1) is 18.2. The second-order valence-corrected chi connectivity index (χ2v) is 7.16. The van der Waals surface area contributed by atoms with E-state index in [1.807, 2.05) is 6.07 Å². The summed E-state index contributed by atoms with van der Waals surface area (Å²) >= 11 is 0. The Hall–Kier alpha value is -2.16. The van der Waals surface area contributed by atoms with Crippen LogP contribution < -0.4 is 5.32 Å². The summed E-state index contributed by atoms with van der Waals surface area (Å²) in [5, 5.41) is 2.87. The Morgan fingerprint density at radius 3 is 2.70 bits per heavy atom. The Balaban J connectivity index is 1.20. The molecule has 0 bridgehead atoms.